The second-order valence-corrected chi connectivity index (χ2v) is 15.5. The molecule has 7 rings (SSSR count). The summed E-state index contributed by atoms with van der Waals surface area (Å²) in [6.45, 7) is -0.368. The molecule has 0 bridgehead atoms. The maximum Gasteiger partial charge on any atom is 0.239 e. The minimum absolute atomic E-state index is 0.387. The van der Waals surface area contributed by atoms with Crippen LogP contribution in [0, 0.1) is 0 Å². The molecular weight excluding hydrogens is 872 g/mol. The Kier molecular flexibility index (Phi) is 14.2. The van der Waals surface area contributed by atoms with Crippen molar-refractivity contribution in [1.82, 2.24) is 0 Å². The molecule has 64 heavy (non-hydrogen) atoms. The van der Waals surface area contributed by atoms with Gasteiger partial charge in [0.15, 0.2) is 18.3 Å². The van der Waals surface area contributed by atoms with Gasteiger partial charge in [0, 0.05) is 18.2 Å². The molecule has 20 atom stereocenters. The van der Waals surface area contributed by atoms with E-state index in [1.54, 1.807) is 0 Å². The van der Waals surface area contributed by atoms with Crippen LogP contribution in [0.5, 0.6) is 28.7 Å². The third-order valence-corrected chi connectivity index (χ3v) is 11.1. The van der Waals surface area contributed by atoms with E-state index in [9.17, 15) is 86.5 Å². The molecule has 0 spiro atoms. The topological polar surface area (TPSA) is 428 Å². The number of phenols is 2. The molecule has 26 nitrogen and oxygen atoms in total. The van der Waals surface area contributed by atoms with Crippen LogP contribution in [-0.4, -0.2) is 218 Å². The van der Waals surface area contributed by atoms with Crippen molar-refractivity contribution in [3.8, 4) is 40.1 Å². The number of aromatic hydroxyl groups is 2. The molecule has 4 fully saturated rings. The summed E-state index contributed by atoms with van der Waals surface area (Å²) in [7, 11) is 0. The highest BCUT2D eigenvalue weighted by Gasteiger charge is 2.51. The van der Waals surface area contributed by atoms with Crippen molar-refractivity contribution < 1.29 is 124 Å². The van der Waals surface area contributed by atoms with E-state index in [1.165, 1.54) is 6.92 Å². The summed E-state index contributed by atoms with van der Waals surface area (Å²) >= 11 is 0. The van der Waals surface area contributed by atoms with Crippen molar-refractivity contribution in [2.75, 3.05) is 13.2 Å². The number of fused-ring (bicyclic) bond motifs is 1. The first-order valence-electron chi connectivity index (χ1n) is 19.6. The van der Waals surface area contributed by atoms with E-state index in [0.717, 1.165) is 30.3 Å². The number of hydrogen-bond acceptors (Lipinski definition) is 26. The van der Waals surface area contributed by atoms with Crippen molar-refractivity contribution >= 4 is 11.0 Å². The normalized spacial score (nSPS) is 40.5. The van der Waals surface area contributed by atoms with E-state index < -0.39 is 187 Å². The Labute approximate surface area is 358 Å². The second-order valence-electron chi connectivity index (χ2n) is 15.5. The van der Waals surface area contributed by atoms with Gasteiger partial charge >= 0.3 is 0 Å². The van der Waals surface area contributed by atoms with Gasteiger partial charge in [0.2, 0.25) is 30.0 Å². The summed E-state index contributed by atoms with van der Waals surface area (Å²) < 4.78 is 50.7. The quantitative estimate of drug-likeness (QED) is 0.0850. The summed E-state index contributed by atoms with van der Waals surface area (Å²) in [6.07, 6.45) is -37.1. The second kappa shape index (κ2) is 19.0. The number of aliphatic hydroxyl groups is 14. The van der Waals surface area contributed by atoms with E-state index in [4.69, 9.17) is 42.3 Å². The van der Waals surface area contributed by atoms with Crippen LogP contribution in [-0.2, 0) is 23.7 Å². The Morgan fingerprint density at radius 1 is 0.547 bits per heavy atom. The maximum absolute atomic E-state index is 14.5. The van der Waals surface area contributed by atoms with Crippen molar-refractivity contribution in [1.29, 1.82) is 0 Å². The Bertz CT molecular complexity index is 2150. The lowest BCUT2D eigenvalue weighted by Crippen LogP contribution is -2.63. The highest BCUT2D eigenvalue weighted by atomic mass is 16.8. The number of ether oxygens (including phenoxy) is 8. The summed E-state index contributed by atoms with van der Waals surface area (Å²) in [5, 5.41) is 167. The van der Waals surface area contributed by atoms with E-state index in [2.05, 4.69) is 0 Å². The van der Waals surface area contributed by atoms with Crippen LogP contribution in [0.4, 0.5) is 0 Å². The molecule has 3 aromatic rings. The number of rotatable bonds is 11. The van der Waals surface area contributed by atoms with Gasteiger partial charge in [0.25, 0.3) is 0 Å². The lowest BCUT2D eigenvalue weighted by molar-refractivity contribution is -0.388. The summed E-state index contributed by atoms with van der Waals surface area (Å²) in [5.41, 5.74) is -2.23. The number of hydrogen-bond donors (Lipinski definition) is 16. The van der Waals surface area contributed by atoms with Gasteiger partial charge in [-0.05, 0) is 19.1 Å². The predicted molar refractivity (Wildman–Crippen MR) is 201 cm³/mol. The molecule has 1 aromatic heterocycles. The molecule has 4 aliphatic rings. The lowest BCUT2D eigenvalue weighted by atomic mass is 9.99. The Morgan fingerprint density at radius 3 is 1.62 bits per heavy atom. The minimum atomic E-state index is -2.24. The van der Waals surface area contributed by atoms with E-state index in [0.29, 0.717) is 0 Å². The molecule has 0 amide bonds. The Balaban J connectivity index is 1.32. The zero-order valence-electron chi connectivity index (χ0n) is 33.1. The molecule has 16 N–H and O–H groups in total. The summed E-state index contributed by atoms with van der Waals surface area (Å²) in [5.74, 6) is -4.10. The van der Waals surface area contributed by atoms with Crippen LogP contribution in [0.25, 0.3) is 22.3 Å². The highest BCUT2D eigenvalue weighted by molar-refractivity contribution is 5.89. The summed E-state index contributed by atoms with van der Waals surface area (Å²) in [4.78, 5) is 14.5. The van der Waals surface area contributed by atoms with Gasteiger partial charge in [-0.2, -0.15) is 0 Å². The van der Waals surface area contributed by atoms with Gasteiger partial charge in [0.1, 0.15) is 119 Å². The SMILES string of the molecule is CC1OC(OC2OC(Oc3c(-c4ccc(O)cc4OC4OC(CO)C(O)C(O)C4O)oc4cc(OC5OC(CO)C(O)C(O)C5O)cc(O)c4c3=O)C(O)C(O)C2O)C(O)C(O)C1O. The number of phenolic OH excluding ortho intramolecular Hbond substituents is 2. The van der Waals surface area contributed by atoms with Gasteiger partial charge in [-0.25, -0.2) is 0 Å². The predicted octanol–water partition coefficient (Wildman–Crippen LogP) is -6.78. The van der Waals surface area contributed by atoms with Gasteiger partial charge < -0.3 is 124 Å². The van der Waals surface area contributed by atoms with Crippen molar-refractivity contribution in [2.45, 2.75) is 130 Å². The highest BCUT2D eigenvalue weighted by Crippen LogP contribution is 2.43. The average molecular weight is 921 g/mol. The molecule has 0 radical (unpaired) electrons. The Hall–Kier alpha value is -4.11. The first-order chi connectivity index (χ1) is 30.2. The molecular formula is C38H48O26. The van der Waals surface area contributed by atoms with Gasteiger partial charge in [0.05, 0.1) is 24.9 Å². The van der Waals surface area contributed by atoms with Gasteiger partial charge in [-0.1, -0.05) is 0 Å². The van der Waals surface area contributed by atoms with Crippen LogP contribution in [0.3, 0.4) is 0 Å². The molecule has 26 heteroatoms. The van der Waals surface area contributed by atoms with Crippen LogP contribution in [0.15, 0.2) is 39.5 Å². The molecule has 4 aliphatic heterocycles. The van der Waals surface area contributed by atoms with E-state index in [-0.39, 0.29) is 5.56 Å². The van der Waals surface area contributed by atoms with Crippen molar-refractivity contribution in [3.63, 3.8) is 0 Å². The third-order valence-electron chi connectivity index (χ3n) is 11.1. The third kappa shape index (κ3) is 8.92. The largest absolute Gasteiger partial charge is 0.508 e. The zero-order chi connectivity index (χ0) is 46.6. The Morgan fingerprint density at radius 2 is 1.05 bits per heavy atom. The first-order valence-corrected chi connectivity index (χ1v) is 19.6. The molecule has 356 valence electrons. The molecule has 20 unspecified atom stereocenters. The van der Waals surface area contributed by atoms with Crippen LogP contribution in [0.1, 0.15) is 6.92 Å². The molecule has 0 aliphatic carbocycles. The zero-order valence-corrected chi connectivity index (χ0v) is 33.1. The fourth-order valence-corrected chi connectivity index (χ4v) is 7.40. The number of benzene rings is 2. The fraction of sp³-hybridized carbons (Fsp3) is 0.605. The van der Waals surface area contributed by atoms with Crippen molar-refractivity contribution in [2.24, 2.45) is 0 Å². The molecule has 0 saturated carbocycles. The first kappa shape index (κ1) is 47.8. The van der Waals surface area contributed by atoms with Gasteiger partial charge in [-0.15, -0.1) is 0 Å². The van der Waals surface area contributed by atoms with Crippen molar-refractivity contribution in [3.05, 3.63) is 40.6 Å². The van der Waals surface area contributed by atoms with Crippen LogP contribution in [0.2, 0.25) is 0 Å². The minimum Gasteiger partial charge on any atom is -0.508 e. The molecule has 5 heterocycles. The maximum atomic E-state index is 14.5. The number of aliphatic hydroxyl groups excluding tert-OH is 14. The molecule has 2 aromatic carbocycles. The van der Waals surface area contributed by atoms with Crippen LogP contribution < -0.4 is 19.6 Å². The van der Waals surface area contributed by atoms with E-state index >= 15 is 0 Å². The van der Waals surface area contributed by atoms with Gasteiger partial charge in [-0.3, -0.25) is 4.79 Å². The monoisotopic (exact) mass is 920 g/mol. The smallest absolute Gasteiger partial charge is 0.239 e. The average Bonchev–Trinajstić information content (AvgIpc) is 3.26. The fourth-order valence-electron chi connectivity index (χ4n) is 7.40. The summed E-state index contributed by atoms with van der Waals surface area (Å²) in [6, 6.07) is 4.80. The standard InChI is InChI=1S/C38H48O26/c1-9-19(43)23(47)27(51)34(56-9)63-38-31(55)26(50)30(54)37(64-38)62-33-22(46)18-13(42)5-11(57-35-28(52)24(48)20(44)16(7-39)60-35)6-15(18)58-32(33)12-3-2-10(41)4-14(12)59-36-29(53)25(49)21(45)17(8-40)61-36/h2-6,9,16-17,19-21,23-31,34-45,47-55H,7-8H2,1H3. The lowest BCUT2D eigenvalue weighted by Gasteiger charge is -2.44. The van der Waals surface area contributed by atoms with E-state index in [1.807, 2.05) is 0 Å². The van der Waals surface area contributed by atoms with Crippen LogP contribution >= 0.6 is 0 Å². The molecule has 4 saturated heterocycles.